The monoisotopic (exact) mass is 445 g/mol. The van der Waals surface area contributed by atoms with E-state index < -0.39 is 30.2 Å². The van der Waals surface area contributed by atoms with Gasteiger partial charge in [-0.15, -0.1) is 6.58 Å². The van der Waals surface area contributed by atoms with Crippen molar-refractivity contribution in [2.24, 2.45) is 5.92 Å². The second-order valence-corrected chi connectivity index (χ2v) is 8.93. The van der Waals surface area contributed by atoms with Gasteiger partial charge in [0.2, 0.25) is 5.91 Å². The van der Waals surface area contributed by atoms with Crippen LogP contribution in [0.15, 0.2) is 43.0 Å². The summed E-state index contributed by atoms with van der Waals surface area (Å²) in [4.78, 5) is 27.3. The van der Waals surface area contributed by atoms with Crippen LogP contribution in [0.2, 0.25) is 0 Å². The topological polar surface area (TPSA) is 83.5 Å². The number of ether oxygens (including phenoxy) is 5. The van der Waals surface area contributed by atoms with E-state index in [0.29, 0.717) is 19.3 Å². The predicted octanol–water partition coefficient (Wildman–Crippen LogP) is 3.05. The highest BCUT2D eigenvalue weighted by Gasteiger charge is 2.56. The van der Waals surface area contributed by atoms with Crippen LogP contribution in [-0.4, -0.2) is 67.0 Å². The summed E-state index contributed by atoms with van der Waals surface area (Å²) in [5.74, 6) is -1.55. The van der Waals surface area contributed by atoms with E-state index in [-0.39, 0.29) is 30.8 Å². The molecule has 3 heterocycles. The summed E-state index contributed by atoms with van der Waals surface area (Å²) >= 11 is 0. The summed E-state index contributed by atoms with van der Waals surface area (Å²) < 4.78 is 28.7. The van der Waals surface area contributed by atoms with E-state index in [4.69, 9.17) is 23.7 Å². The zero-order chi connectivity index (χ0) is 22.9. The molecule has 1 aromatic rings. The first-order valence-corrected chi connectivity index (χ1v) is 11.0. The van der Waals surface area contributed by atoms with Gasteiger partial charge in [-0.05, 0) is 38.7 Å². The van der Waals surface area contributed by atoms with Crippen molar-refractivity contribution >= 4 is 12.0 Å². The zero-order valence-electron chi connectivity index (χ0n) is 18.8. The van der Waals surface area contributed by atoms with E-state index in [1.54, 1.807) is 13.2 Å². The molecule has 6 atom stereocenters. The van der Waals surface area contributed by atoms with Crippen LogP contribution in [0.4, 0.5) is 4.79 Å². The molecule has 8 heteroatoms. The molecule has 0 aromatic heterocycles. The maximum Gasteiger partial charge on any atom is 0.416 e. The van der Waals surface area contributed by atoms with Crippen molar-refractivity contribution in [1.82, 2.24) is 4.90 Å². The molecule has 0 bridgehead atoms. The summed E-state index contributed by atoms with van der Waals surface area (Å²) in [6, 6.07) is 9.40. The Morgan fingerprint density at radius 1 is 1.28 bits per heavy atom. The molecule has 3 aliphatic rings. The highest BCUT2D eigenvalue weighted by molar-refractivity contribution is 5.95. The number of carbonyl (C=O) groups excluding carboxylic acids is 2. The third-order valence-electron chi connectivity index (χ3n) is 6.17. The molecule has 1 unspecified atom stereocenters. The standard InChI is InChI=1S/C24H31NO7/c1-5-9-16(13-18-19-20(22(28-4)30-18)32-24(2,3)31-19)21(26)25-17(14-29-23(25)27)12-15-10-7-6-8-11-15/h5-8,10-11,16-20,22H,1,9,12-14H2,2-4H3/t16-,17-,18+,19-,20?,22+/m0/s1. The number of methoxy groups -OCH3 is 1. The molecule has 1 aromatic carbocycles. The molecule has 8 nitrogen and oxygen atoms in total. The van der Waals surface area contributed by atoms with Gasteiger partial charge in [0.1, 0.15) is 18.8 Å². The average molecular weight is 446 g/mol. The highest BCUT2D eigenvalue weighted by atomic mass is 16.8. The molecule has 0 spiro atoms. The third-order valence-corrected chi connectivity index (χ3v) is 6.17. The quantitative estimate of drug-likeness (QED) is 0.569. The number of cyclic esters (lactones) is 1. The Morgan fingerprint density at radius 2 is 2.00 bits per heavy atom. The maximum absolute atomic E-state index is 13.5. The van der Waals surface area contributed by atoms with Gasteiger partial charge in [-0.3, -0.25) is 4.79 Å². The van der Waals surface area contributed by atoms with E-state index in [0.717, 1.165) is 5.56 Å². The van der Waals surface area contributed by atoms with Crippen molar-refractivity contribution < 1.29 is 33.3 Å². The summed E-state index contributed by atoms with van der Waals surface area (Å²) in [5, 5.41) is 0. The van der Waals surface area contributed by atoms with Crippen LogP contribution >= 0.6 is 0 Å². The molecule has 0 aliphatic carbocycles. The highest BCUT2D eigenvalue weighted by Crippen LogP contribution is 2.41. The summed E-state index contributed by atoms with van der Waals surface area (Å²) in [5.41, 5.74) is 1.04. The van der Waals surface area contributed by atoms with Crippen LogP contribution in [-0.2, 0) is 34.9 Å². The van der Waals surface area contributed by atoms with Crippen LogP contribution in [0.5, 0.6) is 0 Å². The fourth-order valence-corrected chi connectivity index (χ4v) is 4.76. The van der Waals surface area contributed by atoms with E-state index in [1.165, 1.54) is 4.90 Å². The number of amides is 2. The van der Waals surface area contributed by atoms with Crippen molar-refractivity contribution in [2.45, 2.75) is 69.5 Å². The van der Waals surface area contributed by atoms with E-state index in [2.05, 4.69) is 6.58 Å². The lowest BCUT2D eigenvalue weighted by Gasteiger charge is -2.28. The first-order chi connectivity index (χ1) is 15.3. The number of imide groups is 1. The zero-order valence-corrected chi connectivity index (χ0v) is 18.8. The van der Waals surface area contributed by atoms with E-state index in [9.17, 15) is 9.59 Å². The van der Waals surface area contributed by atoms with Gasteiger partial charge in [0.15, 0.2) is 12.1 Å². The van der Waals surface area contributed by atoms with E-state index >= 15 is 0 Å². The molecule has 0 saturated carbocycles. The first kappa shape index (κ1) is 22.9. The maximum atomic E-state index is 13.5. The van der Waals surface area contributed by atoms with Crippen molar-refractivity contribution in [2.75, 3.05) is 13.7 Å². The molecule has 3 aliphatic heterocycles. The molecule has 4 rings (SSSR count). The van der Waals surface area contributed by atoms with Gasteiger partial charge in [-0.2, -0.15) is 0 Å². The molecule has 174 valence electrons. The number of fused-ring (bicyclic) bond motifs is 1. The number of hydrogen-bond acceptors (Lipinski definition) is 7. The predicted molar refractivity (Wildman–Crippen MR) is 115 cm³/mol. The normalized spacial score (nSPS) is 31.9. The van der Waals surface area contributed by atoms with Gasteiger partial charge >= 0.3 is 6.09 Å². The number of rotatable bonds is 8. The number of benzene rings is 1. The number of hydrogen-bond donors (Lipinski definition) is 0. The smallest absolute Gasteiger partial charge is 0.416 e. The molecule has 32 heavy (non-hydrogen) atoms. The number of nitrogens with zero attached hydrogens (tertiary/aromatic N) is 1. The average Bonchev–Trinajstić information content (AvgIpc) is 3.38. The van der Waals surface area contributed by atoms with Gasteiger partial charge in [0.05, 0.1) is 12.1 Å². The first-order valence-electron chi connectivity index (χ1n) is 11.0. The second kappa shape index (κ2) is 9.31. The Morgan fingerprint density at radius 3 is 2.69 bits per heavy atom. The minimum absolute atomic E-state index is 0.182. The molecule has 0 radical (unpaired) electrons. The Labute approximate surface area is 188 Å². The lowest BCUT2D eigenvalue weighted by Crippen LogP contribution is -2.45. The number of carbonyl (C=O) groups is 2. The Kier molecular flexibility index (Phi) is 6.67. The Balaban J connectivity index is 1.49. The van der Waals surface area contributed by atoms with Crippen molar-refractivity contribution in [3.8, 4) is 0 Å². The fourth-order valence-electron chi connectivity index (χ4n) is 4.76. The van der Waals surface area contributed by atoms with Crippen molar-refractivity contribution in [3.05, 3.63) is 48.6 Å². The Hall–Kier alpha value is -2.26. The fraction of sp³-hybridized carbons (Fsp3) is 0.583. The summed E-state index contributed by atoms with van der Waals surface area (Å²) in [7, 11) is 1.56. The van der Waals surface area contributed by atoms with Crippen LogP contribution in [0.3, 0.4) is 0 Å². The van der Waals surface area contributed by atoms with Crippen LogP contribution in [0.25, 0.3) is 0 Å². The van der Waals surface area contributed by atoms with Gasteiger partial charge in [-0.25, -0.2) is 9.69 Å². The van der Waals surface area contributed by atoms with Crippen LogP contribution < -0.4 is 0 Å². The lowest BCUT2D eigenvalue weighted by molar-refractivity contribution is -0.228. The van der Waals surface area contributed by atoms with Gasteiger partial charge in [-0.1, -0.05) is 36.4 Å². The van der Waals surface area contributed by atoms with Gasteiger partial charge < -0.3 is 23.7 Å². The molecule has 3 saturated heterocycles. The van der Waals surface area contributed by atoms with Gasteiger partial charge in [0, 0.05) is 13.0 Å². The van der Waals surface area contributed by atoms with Crippen LogP contribution in [0.1, 0.15) is 32.3 Å². The van der Waals surface area contributed by atoms with Crippen molar-refractivity contribution in [3.63, 3.8) is 0 Å². The molecular formula is C24H31NO7. The Bertz CT molecular complexity index is 842. The van der Waals surface area contributed by atoms with Crippen molar-refractivity contribution in [1.29, 1.82) is 0 Å². The minimum Gasteiger partial charge on any atom is -0.447 e. The van der Waals surface area contributed by atoms with Crippen LogP contribution in [0, 0.1) is 5.92 Å². The number of allylic oxidation sites excluding steroid dienone is 1. The summed E-state index contributed by atoms with van der Waals surface area (Å²) in [6.45, 7) is 7.67. The van der Waals surface area contributed by atoms with Gasteiger partial charge in [0.25, 0.3) is 0 Å². The third kappa shape index (κ3) is 4.59. The lowest BCUT2D eigenvalue weighted by atomic mass is 9.92. The second-order valence-electron chi connectivity index (χ2n) is 8.93. The molecule has 0 N–H and O–H groups in total. The largest absolute Gasteiger partial charge is 0.447 e. The summed E-state index contributed by atoms with van der Waals surface area (Å²) in [6.07, 6.45) is 0.662. The SMILES string of the molecule is C=CC[C@@H](C[C@H]1O[C@@H](OC)C2OC(C)(C)O[C@H]21)C(=O)N1C(=O)OC[C@@H]1Cc1ccccc1. The molecule has 3 fully saturated rings. The molecule has 2 amide bonds. The molecular weight excluding hydrogens is 414 g/mol. The minimum atomic E-state index is -0.758. The van der Waals surface area contributed by atoms with E-state index in [1.807, 2.05) is 44.2 Å².